The van der Waals surface area contributed by atoms with E-state index in [0.717, 1.165) is 12.2 Å². The van der Waals surface area contributed by atoms with Gasteiger partial charge in [0, 0.05) is 18.5 Å². The third-order valence-corrected chi connectivity index (χ3v) is 3.00. The highest BCUT2D eigenvalue weighted by molar-refractivity contribution is 5.97. The number of benzene rings is 1. The van der Waals surface area contributed by atoms with Crippen molar-refractivity contribution in [3.8, 4) is 0 Å². The summed E-state index contributed by atoms with van der Waals surface area (Å²) in [5.74, 6) is 0.600. The number of aromatic nitrogens is 1. The number of hydrogen-bond acceptors (Lipinski definition) is 5. The maximum atomic E-state index is 14.1. The molecule has 0 radical (unpaired) electrons. The van der Waals surface area contributed by atoms with Crippen LogP contribution >= 0.6 is 0 Å². The molecule has 1 aromatic heterocycles. The van der Waals surface area contributed by atoms with E-state index in [-0.39, 0.29) is 17.9 Å². The second kappa shape index (κ2) is 6.85. The average Bonchev–Trinajstić information content (AvgIpc) is 2.96. The van der Waals surface area contributed by atoms with Crippen LogP contribution in [0.15, 0.2) is 34.0 Å². The molecule has 0 spiro atoms. The maximum Gasteiger partial charge on any atom is 0.208 e. The molecule has 0 saturated heterocycles. The van der Waals surface area contributed by atoms with Crippen molar-refractivity contribution in [2.75, 3.05) is 0 Å². The summed E-state index contributed by atoms with van der Waals surface area (Å²) in [5.41, 5.74) is 5.90. The zero-order valence-corrected chi connectivity index (χ0v) is 11.6. The lowest BCUT2D eigenvalue weighted by Gasteiger charge is -2.07. The molecule has 0 aliphatic heterocycles. The summed E-state index contributed by atoms with van der Waals surface area (Å²) in [6.45, 7) is 2.65. The molecule has 4 N–H and O–H groups in total. The monoisotopic (exact) mass is 292 g/mol. The van der Waals surface area contributed by atoms with Crippen molar-refractivity contribution in [2.45, 2.75) is 26.4 Å². The molecule has 0 unspecified atom stereocenters. The Bertz CT molecular complexity index is 640. The molecule has 7 heteroatoms. The fourth-order valence-electron chi connectivity index (χ4n) is 1.87. The first-order valence-electron chi connectivity index (χ1n) is 6.55. The van der Waals surface area contributed by atoms with Crippen molar-refractivity contribution >= 4 is 5.84 Å². The summed E-state index contributed by atoms with van der Waals surface area (Å²) >= 11 is 0. The number of oxime groups is 1. The summed E-state index contributed by atoms with van der Waals surface area (Å²) in [4.78, 5) is 4.10. The van der Waals surface area contributed by atoms with E-state index in [1.807, 2.05) is 6.92 Å². The van der Waals surface area contributed by atoms with Crippen molar-refractivity contribution in [3.63, 3.8) is 0 Å². The zero-order chi connectivity index (χ0) is 15.2. The van der Waals surface area contributed by atoms with Crippen molar-refractivity contribution < 1.29 is 14.0 Å². The number of nitrogens with one attached hydrogen (secondary N) is 1. The van der Waals surface area contributed by atoms with Crippen LogP contribution in [0.5, 0.6) is 0 Å². The van der Waals surface area contributed by atoms with Crippen LogP contribution in [0.4, 0.5) is 4.39 Å². The van der Waals surface area contributed by atoms with Gasteiger partial charge in [-0.05, 0) is 6.07 Å². The van der Waals surface area contributed by atoms with Gasteiger partial charge >= 0.3 is 0 Å². The molecule has 0 saturated carbocycles. The summed E-state index contributed by atoms with van der Waals surface area (Å²) in [6, 6.07) is 4.73. The lowest BCUT2D eigenvalue weighted by molar-refractivity contribution is 0.318. The fourth-order valence-corrected chi connectivity index (χ4v) is 1.87. The highest BCUT2D eigenvalue weighted by Gasteiger charge is 2.11. The Balaban J connectivity index is 2.00. The molecule has 2 rings (SSSR count). The van der Waals surface area contributed by atoms with Gasteiger partial charge in [-0.1, -0.05) is 24.2 Å². The van der Waals surface area contributed by atoms with E-state index < -0.39 is 5.82 Å². The van der Waals surface area contributed by atoms with Crippen LogP contribution in [0.3, 0.4) is 0 Å². The Hall–Kier alpha value is -2.41. The van der Waals surface area contributed by atoms with Crippen LogP contribution in [0.1, 0.15) is 29.7 Å². The van der Waals surface area contributed by atoms with Gasteiger partial charge in [-0.25, -0.2) is 9.37 Å². The molecule has 0 bridgehead atoms. The van der Waals surface area contributed by atoms with Crippen LogP contribution in [-0.2, 0) is 19.5 Å². The molecule has 21 heavy (non-hydrogen) atoms. The standard InChI is InChI=1S/C14H17FN4O2/c1-2-10-7-18-12(21-10)8-17-6-9-4-3-5-11(13(9)15)14(16)19-20/h3-5,7,17,20H,2,6,8H2,1H3,(H2,16,19). The number of amidine groups is 1. The van der Waals surface area contributed by atoms with Gasteiger partial charge in [0.05, 0.1) is 18.3 Å². The van der Waals surface area contributed by atoms with E-state index in [2.05, 4.69) is 15.5 Å². The molecule has 0 aliphatic carbocycles. The number of halogens is 1. The van der Waals surface area contributed by atoms with Gasteiger partial charge in [0.15, 0.2) is 5.84 Å². The van der Waals surface area contributed by atoms with Crippen molar-refractivity contribution in [2.24, 2.45) is 10.9 Å². The largest absolute Gasteiger partial charge is 0.444 e. The summed E-state index contributed by atoms with van der Waals surface area (Å²) < 4.78 is 19.6. The number of aryl methyl sites for hydroxylation is 1. The van der Waals surface area contributed by atoms with E-state index in [0.29, 0.717) is 18.0 Å². The Labute approximate surface area is 121 Å². The molecule has 6 nitrogen and oxygen atoms in total. The molecular formula is C14H17FN4O2. The minimum atomic E-state index is -0.512. The lowest BCUT2D eigenvalue weighted by atomic mass is 10.1. The second-order valence-corrected chi connectivity index (χ2v) is 4.44. The van der Waals surface area contributed by atoms with Crippen molar-refractivity contribution in [1.29, 1.82) is 0 Å². The minimum absolute atomic E-state index is 0.0705. The summed E-state index contributed by atoms with van der Waals surface area (Å²) in [5, 5.41) is 14.5. The third-order valence-electron chi connectivity index (χ3n) is 3.00. The van der Waals surface area contributed by atoms with Crippen LogP contribution in [0, 0.1) is 5.82 Å². The number of nitrogens with zero attached hydrogens (tertiary/aromatic N) is 2. The number of oxazole rings is 1. The van der Waals surface area contributed by atoms with Gasteiger partial charge in [0.1, 0.15) is 11.6 Å². The summed E-state index contributed by atoms with van der Waals surface area (Å²) in [7, 11) is 0. The van der Waals surface area contributed by atoms with Crippen LogP contribution < -0.4 is 11.1 Å². The Morgan fingerprint density at radius 3 is 2.95 bits per heavy atom. The quantitative estimate of drug-likeness (QED) is 0.326. The number of rotatable bonds is 6. The van der Waals surface area contributed by atoms with Gasteiger partial charge in [0.2, 0.25) is 5.89 Å². The molecule has 0 amide bonds. The van der Waals surface area contributed by atoms with Crippen LogP contribution in [0.25, 0.3) is 0 Å². The van der Waals surface area contributed by atoms with E-state index in [1.54, 1.807) is 18.3 Å². The molecule has 0 atom stereocenters. The van der Waals surface area contributed by atoms with Crippen molar-refractivity contribution in [3.05, 3.63) is 53.0 Å². The van der Waals surface area contributed by atoms with Gasteiger partial charge in [-0.3, -0.25) is 0 Å². The normalized spacial score (nSPS) is 11.8. The molecule has 0 aliphatic rings. The first kappa shape index (κ1) is 15.0. The van der Waals surface area contributed by atoms with E-state index >= 15 is 0 Å². The summed E-state index contributed by atoms with van der Waals surface area (Å²) in [6.07, 6.45) is 2.46. The third kappa shape index (κ3) is 3.57. The van der Waals surface area contributed by atoms with Gasteiger partial charge in [-0.15, -0.1) is 0 Å². The first-order chi connectivity index (χ1) is 10.2. The smallest absolute Gasteiger partial charge is 0.208 e. The van der Waals surface area contributed by atoms with Gasteiger partial charge < -0.3 is 20.7 Å². The predicted molar refractivity (Wildman–Crippen MR) is 75.3 cm³/mol. The van der Waals surface area contributed by atoms with Gasteiger partial charge in [0.25, 0.3) is 0 Å². The first-order valence-corrected chi connectivity index (χ1v) is 6.55. The fraction of sp³-hybridized carbons (Fsp3) is 0.286. The highest BCUT2D eigenvalue weighted by Crippen LogP contribution is 2.13. The zero-order valence-electron chi connectivity index (χ0n) is 11.6. The second-order valence-electron chi connectivity index (χ2n) is 4.44. The molecule has 2 aromatic rings. The Morgan fingerprint density at radius 2 is 2.29 bits per heavy atom. The number of hydrogen-bond donors (Lipinski definition) is 3. The van der Waals surface area contributed by atoms with E-state index in [1.165, 1.54) is 6.07 Å². The predicted octanol–water partition coefficient (Wildman–Crippen LogP) is 1.76. The van der Waals surface area contributed by atoms with E-state index in [4.69, 9.17) is 15.4 Å². The minimum Gasteiger partial charge on any atom is -0.444 e. The molecule has 112 valence electrons. The Morgan fingerprint density at radius 1 is 1.48 bits per heavy atom. The SMILES string of the molecule is CCc1cnc(CNCc2cccc(/C(N)=N/O)c2F)o1. The maximum absolute atomic E-state index is 14.1. The van der Waals surface area contributed by atoms with Crippen molar-refractivity contribution in [1.82, 2.24) is 10.3 Å². The topological polar surface area (TPSA) is 96.7 Å². The van der Waals surface area contributed by atoms with Crippen LogP contribution in [0.2, 0.25) is 0 Å². The lowest BCUT2D eigenvalue weighted by Crippen LogP contribution is -2.18. The Kier molecular flexibility index (Phi) is 4.89. The molecule has 1 aromatic carbocycles. The van der Waals surface area contributed by atoms with Crippen LogP contribution in [-0.4, -0.2) is 16.0 Å². The van der Waals surface area contributed by atoms with Gasteiger partial charge in [-0.2, -0.15) is 0 Å². The number of nitrogens with two attached hydrogens (primary N) is 1. The molecule has 1 heterocycles. The molecular weight excluding hydrogens is 275 g/mol. The van der Waals surface area contributed by atoms with E-state index in [9.17, 15) is 4.39 Å². The average molecular weight is 292 g/mol. The molecule has 0 fully saturated rings. The highest BCUT2D eigenvalue weighted by atomic mass is 19.1.